The molecule has 0 bridgehead atoms. The number of hydrogen-bond acceptors (Lipinski definition) is 4. The Bertz CT molecular complexity index is 1150. The van der Waals surface area contributed by atoms with Gasteiger partial charge in [0.2, 0.25) is 0 Å². The van der Waals surface area contributed by atoms with Crippen molar-refractivity contribution in [2.24, 2.45) is 0 Å². The molecule has 3 heterocycles. The third-order valence-electron chi connectivity index (χ3n) is 5.24. The Morgan fingerprint density at radius 3 is 2.89 bits per heavy atom. The van der Waals surface area contributed by atoms with Crippen molar-refractivity contribution in [3.63, 3.8) is 0 Å². The zero-order chi connectivity index (χ0) is 20.0. The molecular weight excluding hydrogens is 361 g/mol. The molecule has 0 saturated carbocycles. The Kier molecular flexibility index (Phi) is 4.37. The highest BCUT2D eigenvalue weighted by atomic mass is 19.1. The average molecular weight is 381 g/mol. The summed E-state index contributed by atoms with van der Waals surface area (Å²) in [7, 11) is 0. The van der Waals surface area contributed by atoms with Crippen LogP contribution in [0.5, 0.6) is 5.75 Å². The molecule has 3 aromatic rings. The van der Waals surface area contributed by atoms with E-state index in [0.717, 1.165) is 11.3 Å². The van der Waals surface area contributed by atoms with Crippen LogP contribution in [-0.2, 0) is 13.0 Å². The lowest BCUT2D eigenvalue weighted by Gasteiger charge is -2.26. The summed E-state index contributed by atoms with van der Waals surface area (Å²) in [5.74, 6) is -1.68. The molecule has 4 rings (SSSR count). The lowest BCUT2D eigenvalue weighted by atomic mass is 9.95. The van der Waals surface area contributed by atoms with Crippen LogP contribution < -0.4 is 10.9 Å². The van der Waals surface area contributed by atoms with E-state index in [1.807, 2.05) is 26.0 Å². The van der Waals surface area contributed by atoms with Gasteiger partial charge in [0.1, 0.15) is 17.1 Å². The number of nitrogens with one attached hydrogen (secondary N) is 1. The third kappa shape index (κ3) is 2.93. The molecule has 0 aliphatic carbocycles. The van der Waals surface area contributed by atoms with E-state index in [9.17, 15) is 19.1 Å². The van der Waals surface area contributed by atoms with Crippen molar-refractivity contribution in [2.45, 2.75) is 39.3 Å². The minimum absolute atomic E-state index is 0.151. The number of hydrogen-bond donors (Lipinski definition) is 2. The minimum Gasteiger partial charge on any atom is -0.506 e. The zero-order valence-corrected chi connectivity index (χ0v) is 15.6. The van der Waals surface area contributed by atoms with E-state index < -0.39 is 23.0 Å². The fourth-order valence-corrected chi connectivity index (χ4v) is 3.76. The Balaban J connectivity index is 1.80. The molecule has 2 aromatic heterocycles. The van der Waals surface area contributed by atoms with Crippen molar-refractivity contribution in [1.82, 2.24) is 14.9 Å². The maximum atomic E-state index is 14.0. The van der Waals surface area contributed by atoms with Crippen LogP contribution in [0.3, 0.4) is 0 Å². The van der Waals surface area contributed by atoms with E-state index in [-0.39, 0.29) is 23.5 Å². The Morgan fingerprint density at radius 1 is 1.39 bits per heavy atom. The summed E-state index contributed by atoms with van der Waals surface area (Å²) in [5.41, 5.74) is 1.86. The first-order valence-corrected chi connectivity index (χ1v) is 9.16. The van der Waals surface area contributed by atoms with E-state index in [4.69, 9.17) is 0 Å². The summed E-state index contributed by atoms with van der Waals surface area (Å²) < 4.78 is 15.5. The number of carbonyl (C=O) groups excluding carboxylic acids is 1. The predicted molar refractivity (Wildman–Crippen MR) is 103 cm³/mol. The van der Waals surface area contributed by atoms with Gasteiger partial charge < -0.3 is 15.0 Å². The number of nitrogens with zero attached hydrogens (tertiary/aromatic N) is 2. The smallest absolute Gasteiger partial charge is 0.267 e. The molecule has 1 unspecified atom stereocenters. The molecule has 0 spiro atoms. The normalized spacial score (nSPS) is 15.6. The topological polar surface area (TPSA) is 84.2 Å². The maximum Gasteiger partial charge on any atom is 0.267 e. The second-order valence-electron chi connectivity index (χ2n) is 7.24. The van der Waals surface area contributed by atoms with Gasteiger partial charge >= 0.3 is 0 Å². The molecule has 144 valence electrons. The SMILES string of the molecule is Cc1ccc(CNC(=O)c2c(O)c3cc(F)cc4c3n(c2=O)C(C)CC4)cn1. The van der Waals surface area contributed by atoms with Gasteiger partial charge in [0.15, 0.2) is 0 Å². The quantitative estimate of drug-likeness (QED) is 0.731. The molecule has 0 saturated heterocycles. The van der Waals surface area contributed by atoms with Crippen LogP contribution in [0.4, 0.5) is 4.39 Å². The van der Waals surface area contributed by atoms with Crippen molar-refractivity contribution in [3.8, 4) is 5.75 Å². The zero-order valence-electron chi connectivity index (χ0n) is 15.6. The largest absolute Gasteiger partial charge is 0.506 e. The number of amides is 1. The highest BCUT2D eigenvalue weighted by Crippen LogP contribution is 2.35. The van der Waals surface area contributed by atoms with E-state index in [1.165, 1.54) is 16.7 Å². The van der Waals surface area contributed by atoms with Crippen LogP contribution in [0.1, 0.15) is 46.6 Å². The van der Waals surface area contributed by atoms with Crippen molar-refractivity contribution in [1.29, 1.82) is 0 Å². The molecule has 1 atom stereocenters. The summed E-state index contributed by atoms with van der Waals surface area (Å²) in [4.78, 5) is 29.9. The van der Waals surface area contributed by atoms with Crippen LogP contribution >= 0.6 is 0 Å². The number of aromatic nitrogens is 2. The highest BCUT2D eigenvalue weighted by molar-refractivity contribution is 6.03. The van der Waals surface area contributed by atoms with Crippen LogP contribution in [0.25, 0.3) is 10.9 Å². The average Bonchev–Trinajstić information content (AvgIpc) is 2.66. The second kappa shape index (κ2) is 6.74. The molecule has 7 heteroatoms. The van der Waals surface area contributed by atoms with E-state index >= 15 is 0 Å². The molecule has 6 nitrogen and oxygen atoms in total. The van der Waals surface area contributed by atoms with Crippen molar-refractivity contribution in [2.75, 3.05) is 0 Å². The van der Waals surface area contributed by atoms with Gasteiger partial charge in [-0.2, -0.15) is 0 Å². The Labute approximate surface area is 160 Å². The Morgan fingerprint density at radius 2 is 2.18 bits per heavy atom. The maximum absolute atomic E-state index is 14.0. The van der Waals surface area contributed by atoms with Gasteiger partial charge in [-0.25, -0.2) is 4.39 Å². The fraction of sp³-hybridized carbons (Fsp3) is 0.286. The molecule has 2 N–H and O–H groups in total. The van der Waals surface area contributed by atoms with E-state index in [0.29, 0.717) is 23.9 Å². The molecule has 0 radical (unpaired) electrons. The molecule has 28 heavy (non-hydrogen) atoms. The van der Waals surface area contributed by atoms with E-state index in [2.05, 4.69) is 10.3 Å². The first-order valence-electron chi connectivity index (χ1n) is 9.16. The summed E-state index contributed by atoms with van der Waals surface area (Å²) in [6.45, 7) is 3.90. The highest BCUT2D eigenvalue weighted by Gasteiger charge is 2.28. The van der Waals surface area contributed by atoms with Gasteiger partial charge in [-0.15, -0.1) is 0 Å². The van der Waals surface area contributed by atoms with Crippen LogP contribution in [0, 0.1) is 12.7 Å². The fourth-order valence-electron chi connectivity index (χ4n) is 3.76. The summed E-state index contributed by atoms with van der Waals surface area (Å²) >= 11 is 0. The van der Waals surface area contributed by atoms with Gasteiger partial charge in [0.25, 0.3) is 11.5 Å². The molecule has 1 amide bonds. The van der Waals surface area contributed by atoms with Gasteiger partial charge in [-0.05, 0) is 56.0 Å². The summed E-state index contributed by atoms with van der Waals surface area (Å²) in [6.07, 6.45) is 2.91. The Hall–Kier alpha value is -3.22. The number of rotatable bonds is 3. The van der Waals surface area contributed by atoms with Crippen LogP contribution in [-0.4, -0.2) is 20.6 Å². The number of aromatic hydroxyl groups is 1. The summed E-state index contributed by atoms with van der Waals surface area (Å²) in [5, 5.41) is 13.5. The van der Waals surface area contributed by atoms with Gasteiger partial charge in [0.05, 0.1) is 5.52 Å². The second-order valence-corrected chi connectivity index (χ2v) is 7.24. The van der Waals surface area contributed by atoms with Crippen molar-refractivity contribution >= 4 is 16.8 Å². The molecule has 1 aliphatic heterocycles. The van der Waals surface area contributed by atoms with Crippen LogP contribution in [0.15, 0.2) is 35.3 Å². The van der Waals surface area contributed by atoms with Gasteiger partial charge in [-0.3, -0.25) is 14.6 Å². The first kappa shape index (κ1) is 18.2. The van der Waals surface area contributed by atoms with E-state index in [1.54, 1.807) is 6.20 Å². The van der Waals surface area contributed by atoms with Crippen molar-refractivity contribution in [3.05, 3.63) is 69.0 Å². The lowest BCUT2D eigenvalue weighted by Crippen LogP contribution is -2.36. The molecule has 1 aromatic carbocycles. The molecule has 0 fully saturated rings. The van der Waals surface area contributed by atoms with Gasteiger partial charge in [0, 0.05) is 29.9 Å². The molecular formula is C21H20FN3O3. The number of pyridine rings is 2. The van der Waals surface area contributed by atoms with Crippen molar-refractivity contribution < 1.29 is 14.3 Å². The number of halogens is 1. The standard InChI is InChI=1S/C21H20FN3O3/c1-11-3-5-13(9-23-11)10-24-20(27)17-19(26)16-8-15(22)7-14-6-4-12(2)25(18(14)16)21(17)28/h3,5,7-9,12,26H,4,6,10H2,1-2H3,(H,24,27). The predicted octanol–water partition coefficient (Wildman–Crippen LogP) is 2.99. The monoisotopic (exact) mass is 381 g/mol. The molecule has 1 aliphatic rings. The van der Waals surface area contributed by atoms with Gasteiger partial charge in [-0.1, -0.05) is 6.07 Å². The number of benzene rings is 1. The minimum atomic E-state index is -0.697. The summed E-state index contributed by atoms with van der Waals surface area (Å²) in [6, 6.07) is 6.04. The first-order chi connectivity index (χ1) is 13.4. The number of aryl methyl sites for hydroxylation is 2. The lowest BCUT2D eigenvalue weighted by molar-refractivity contribution is 0.0946. The number of carbonyl (C=O) groups is 1. The third-order valence-corrected chi connectivity index (χ3v) is 5.24. The van der Waals surface area contributed by atoms with Crippen LogP contribution in [0.2, 0.25) is 0 Å².